The van der Waals surface area contributed by atoms with E-state index >= 15 is 0 Å². The van der Waals surface area contributed by atoms with Gasteiger partial charge in [-0.15, -0.1) is 11.3 Å². The van der Waals surface area contributed by atoms with Crippen molar-refractivity contribution in [1.82, 2.24) is 5.32 Å². The first-order valence-corrected chi connectivity index (χ1v) is 8.10. The summed E-state index contributed by atoms with van der Waals surface area (Å²) in [6.07, 6.45) is 1.58. The summed E-state index contributed by atoms with van der Waals surface area (Å²) >= 11 is 13.5. The Bertz CT molecular complexity index is 571. The number of hydrogen-bond donors (Lipinski definition) is 1. The molecule has 0 fully saturated rings. The van der Waals surface area contributed by atoms with Crippen molar-refractivity contribution in [3.63, 3.8) is 0 Å². The Hall–Kier alpha value is -0.610. The van der Waals surface area contributed by atoms with Crippen LogP contribution < -0.4 is 5.32 Å². The van der Waals surface area contributed by atoms with E-state index < -0.39 is 0 Å². The number of nitrogens with one attached hydrogen (secondary N) is 1. The summed E-state index contributed by atoms with van der Waals surface area (Å²) in [6.45, 7) is 2.98. The highest BCUT2D eigenvalue weighted by Gasteiger charge is 2.16. The molecule has 0 aliphatic carbocycles. The van der Waals surface area contributed by atoms with Gasteiger partial charge in [0.25, 0.3) is 0 Å². The minimum absolute atomic E-state index is 0.0559. The first-order chi connectivity index (χ1) is 9.60. The van der Waals surface area contributed by atoms with Crippen molar-refractivity contribution in [2.45, 2.75) is 25.8 Å². The lowest BCUT2D eigenvalue weighted by Crippen LogP contribution is -2.23. The summed E-state index contributed by atoms with van der Waals surface area (Å²) in [7, 11) is 0. The SMILES string of the molecule is CCCNC(Cc1cc(Cl)ccc1F)c1ccc(Cl)s1. The molecule has 108 valence electrons. The van der Waals surface area contributed by atoms with Crippen molar-refractivity contribution >= 4 is 34.5 Å². The molecule has 20 heavy (non-hydrogen) atoms. The van der Waals surface area contributed by atoms with Crippen LogP contribution in [0.5, 0.6) is 0 Å². The molecule has 1 unspecified atom stereocenters. The Morgan fingerprint density at radius 1 is 1.25 bits per heavy atom. The Balaban J connectivity index is 2.21. The van der Waals surface area contributed by atoms with Crippen LogP contribution in [0.15, 0.2) is 30.3 Å². The fraction of sp³-hybridized carbons (Fsp3) is 0.333. The van der Waals surface area contributed by atoms with Crippen molar-refractivity contribution in [2.75, 3.05) is 6.54 Å². The maximum Gasteiger partial charge on any atom is 0.126 e. The molecule has 1 heterocycles. The lowest BCUT2D eigenvalue weighted by Gasteiger charge is -2.17. The Morgan fingerprint density at radius 2 is 2.05 bits per heavy atom. The van der Waals surface area contributed by atoms with Crippen LogP contribution in [0.4, 0.5) is 4.39 Å². The molecule has 2 rings (SSSR count). The largest absolute Gasteiger partial charge is 0.309 e. The summed E-state index contributed by atoms with van der Waals surface area (Å²) < 4.78 is 14.6. The molecule has 0 aliphatic heterocycles. The van der Waals surface area contributed by atoms with Crippen molar-refractivity contribution in [3.8, 4) is 0 Å². The highest BCUT2D eigenvalue weighted by Crippen LogP contribution is 2.30. The number of benzene rings is 1. The molecule has 0 saturated carbocycles. The van der Waals surface area contributed by atoms with E-state index in [1.165, 1.54) is 17.4 Å². The Labute approximate surface area is 132 Å². The van der Waals surface area contributed by atoms with Gasteiger partial charge in [0.15, 0.2) is 0 Å². The molecule has 1 aromatic heterocycles. The smallest absolute Gasteiger partial charge is 0.126 e. The minimum Gasteiger partial charge on any atom is -0.309 e. The minimum atomic E-state index is -0.222. The fourth-order valence-electron chi connectivity index (χ4n) is 2.03. The lowest BCUT2D eigenvalue weighted by atomic mass is 10.0. The van der Waals surface area contributed by atoms with Gasteiger partial charge in [-0.3, -0.25) is 0 Å². The van der Waals surface area contributed by atoms with E-state index in [0.717, 1.165) is 22.2 Å². The van der Waals surface area contributed by atoms with Crippen molar-refractivity contribution < 1.29 is 4.39 Å². The molecule has 5 heteroatoms. The van der Waals surface area contributed by atoms with E-state index in [1.807, 2.05) is 12.1 Å². The summed E-state index contributed by atoms with van der Waals surface area (Å²) in [4.78, 5) is 1.11. The zero-order valence-electron chi connectivity index (χ0n) is 11.1. The predicted octanol–water partition coefficient (Wildman–Crippen LogP) is 5.48. The molecule has 1 nitrogen and oxygen atoms in total. The van der Waals surface area contributed by atoms with Crippen molar-refractivity contribution in [1.29, 1.82) is 0 Å². The van der Waals surface area contributed by atoms with Gasteiger partial charge in [-0.25, -0.2) is 4.39 Å². The standard InChI is InChI=1S/C15H16Cl2FNS/c1-2-7-19-13(14-5-6-15(17)20-14)9-10-8-11(16)3-4-12(10)18/h3-6,8,13,19H,2,7,9H2,1H3. The maximum atomic E-state index is 13.9. The second-order valence-electron chi connectivity index (χ2n) is 4.59. The molecule has 0 amide bonds. The molecule has 0 bridgehead atoms. The number of halogens is 3. The van der Waals surface area contributed by atoms with E-state index in [1.54, 1.807) is 12.1 Å². The molecular weight excluding hydrogens is 316 g/mol. The monoisotopic (exact) mass is 331 g/mol. The highest BCUT2D eigenvalue weighted by molar-refractivity contribution is 7.16. The van der Waals surface area contributed by atoms with Crippen LogP contribution >= 0.6 is 34.5 Å². The third kappa shape index (κ3) is 4.19. The molecule has 0 saturated heterocycles. The number of rotatable bonds is 6. The molecule has 2 aromatic rings. The first kappa shape index (κ1) is 15.8. The Kier molecular flexibility index (Phi) is 5.85. The molecular formula is C15H16Cl2FNS. The molecule has 0 radical (unpaired) electrons. The van der Waals surface area contributed by atoms with Crippen LogP contribution in [0.2, 0.25) is 9.36 Å². The highest BCUT2D eigenvalue weighted by atomic mass is 35.5. The second kappa shape index (κ2) is 7.41. The summed E-state index contributed by atoms with van der Waals surface area (Å²) in [6, 6.07) is 8.58. The van der Waals surface area contributed by atoms with Gasteiger partial charge >= 0.3 is 0 Å². The van der Waals surface area contributed by atoms with Crippen LogP contribution in [-0.4, -0.2) is 6.54 Å². The average molecular weight is 332 g/mol. The molecule has 1 atom stereocenters. The van der Waals surface area contributed by atoms with Crippen molar-refractivity contribution in [2.24, 2.45) is 0 Å². The topological polar surface area (TPSA) is 12.0 Å². The van der Waals surface area contributed by atoms with Crippen LogP contribution in [0.25, 0.3) is 0 Å². The summed E-state index contributed by atoms with van der Waals surface area (Å²) in [5.41, 5.74) is 0.621. The quantitative estimate of drug-likeness (QED) is 0.739. The fourth-order valence-corrected chi connectivity index (χ4v) is 3.36. The van der Waals surface area contributed by atoms with Gasteiger partial charge in [0.2, 0.25) is 0 Å². The van der Waals surface area contributed by atoms with E-state index in [2.05, 4.69) is 12.2 Å². The lowest BCUT2D eigenvalue weighted by molar-refractivity contribution is 0.519. The van der Waals surface area contributed by atoms with Crippen LogP contribution in [-0.2, 0) is 6.42 Å². The van der Waals surface area contributed by atoms with Crippen LogP contribution in [0, 0.1) is 5.82 Å². The normalized spacial score (nSPS) is 12.6. The average Bonchev–Trinajstić information content (AvgIpc) is 2.85. The van der Waals surface area contributed by atoms with E-state index in [4.69, 9.17) is 23.2 Å². The van der Waals surface area contributed by atoms with E-state index in [0.29, 0.717) is 17.0 Å². The molecule has 0 aliphatic rings. The van der Waals surface area contributed by atoms with Gasteiger partial charge < -0.3 is 5.32 Å². The predicted molar refractivity (Wildman–Crippen MR) is 85.5 cm³/mol. The Morgan fingerprint density at radius 3 is 2.70 bits per heavy atom. The zero-order chi connectivity index (χ0) is 14.5. The second-order valence-corrected chi connectivity index (χ2v) is 6.77. The van der Waals surface area contributed by atoms with Gasteiger partial charge in [-0.2, -0.15) is 0 Å². The summed E-state index contributed by atoms with van der Waals surface area (Å²) in [5, 5.41) is 3.99. The van der Waals surface area contributed by atoms with Gasteiger partial charge in [0.1, 0.15) is 5.82 Å². The van der Waals surface area contributed by atoms with Crippen molar-refractivity contribution in [3.05, 3.63) is 55.9 Å². The van der Waals surface area contributed by atoms with Gasteiger partial charge in [-0.1, -0.05) is 30.1 Å². The number of hydrogen-bond acceptors (Lipinski definition) is 2. The van der Waals surface area contributed by atoms with Gasteiger partial charge in [0.05, 0.1) is 4.34 Å². The number of thiophene rings is 1. The zero-order valence-corrected chi connectivity index (χ0v) is 13.5. The third-order valence-electron chi connectivity index (χ3n) is 3.01. The summed E-state index contributed by atoms with van der Waals surface area (Å²) in [5.74, 6) is -0.222. The van der Waals surface area contributed by atoms with E-state index in [-0.39, 0.29) is 11.9 Å². The van der Waals surface area contributed by atoms with Gasteiger partial charge in [-0.05, 0) is 55.3 Å². The molecule has 0 spiro atoms. The first-order valence-electron chi connectivity index (χ1n) is 6.52. The van der Waals surface area contributed by atoms with Crippen LogP contribution in [0.1, 0.15) is 29.8 Å². The maximum absolute atomic E-state index is 13.9. The van der Waals surface area contributed by atoms with Crippen LogP contribution in [0.3, 0.4) is 0 Å². The van der Waals surface area contributed by atoms with Gasteiger partial charge in [0, 0.05) is 15.9 Å². The third-order valence-corrected chi connectivity index (χ3v) is 4.59. The molecule has 1 N–H and O–H groups in total. The molecule has 1 aromatic carbocycles. The van der Waals surface area contributed by atoms with E-state index in [9.17, 15) is 4.39 Å².